The zero-order valence-corrected chi connectivity index (χ0v) is 19.7. The van der Waals surface area contributed by atoms with Gasteiger partial charge >= 0.3 is 0 Å². The molecule has 0 aliphatic carbocycles. The standard InChI is InChI=1S/C25H22Cl2N4O2/c1-15-13-19(27)14-21(25(33)29-20-9-7-18(26)8-10-20)22(15)30-24(32)17-5-3-16(4-6-17)23-28-11-12-31(23)2/h3-10,13-14H,11-12H2,1-2H3,(H,29,33)(H,30,32). The number of rotatable bonds is 5. The fourth-order valence-corrected chi connectivity index (χ4v) is 4.02. The van der Waals surface area contributed by atoms with E-state index in [2.05, 4.69) is 20.5 Å². The maximum atomic E-state index is 13.0. The molecule has 33 heavy (non-hydrogen) atoms. The van der Waals surface area contributed by atoms with Gasteiger partial charge in [0.2, 0.25) is 0 Å². The average molecular weight is 481 g/mol. The number of amidine groups is 1. The summed E-state index contributed by atoms with van der Waals surface area (Å²) in [5.41, 5.74) is 3.35. The normalized spacial score (nSPS) is 13.0. The molecule has 2 amide bonds. The third kappa shape index (κ3) is 5.18. The molecule has 0 aromatic heterocycles. The van der Waals surface area contributed by atoms with Gasteiger partial charge in [-0.15, -0.1) is 0 Å². The topological polar surface area (TPSA) is 73.8 Å². The highest BCUT2D eigenvalue weighted by atomic mass is 35.5. The summed E-state index contributed by atoms with van der Waals surface area (Å²) in [6.45, 7) is 3.44. The van der Waals surface area contributed by atoms with Crippen molar-refractivity contribution in [2.24, 2.45) is 4.99 Å². The summed E-state index contributed by atoms with van der Waals surface area (Å²) >= 11 is 12.1. The Bertz CT molecular complexity index is 1240. The fraction of sp³-hybridized carbons (Fsp3) is 0.160. The summed E-state index contributed by atoms with van der Waals surface area (Å²) in [5, 5.41) is 6.65. The molecule has 0 saturated heterocycles. The first-order chi connectivity index (χ1) is 15.8. The number of nitrogens with one attached hydrogen (secondary N) is 2. The lowest BCUT2D eigenvalue weighted by molar-refractivity contribution is 0.102. The van der Waals surface area contributed by atoms with E-state index in [0.29, 0.717) is 32.5 Å². The van der Waals surface area contributed by atoms with Crippen molar-refractivity contribution in [2.45, 2.75) is 6.92 Å². The summed E-state index contributed by atoms with van der Waals surface area (Å²) in [4.78, 5) is 32.6. The van der Waals surface area contributed by atoms with Gasteiger partial charge in [-0.1, -0.05) is 35.3 Å². The molecule has 0 spiro atoms. The van der Waals surface area contributed by atoms with Crippen LogP contribution < -0.4 is 10.6 Å². The second-order valence-corrected chi connectivity index (χ2v) is 8.64. The van der Waals surface area contributed by atoms with Gasteiger partial charge in [0, 0.05) is 40.5 Å². The number of halogens is 2. The molecule has 1 heterocycles. The summed E-state index contributed by atoms with van der Waals surface area (Å²) in [5.74, 6) is 0.196. The minimum atomic E-state index is -0.393. The Morgan fingerprint density at radius 3 is 2.24 bits per heavy atom. The van der Waals surface area contributed by atoms with Gasteiger partial charge in [0.25, 0.3) is 11.8 Å². The van der Waals surface area contributed by atoms with E-state index >= 15 is 0 Å². The number of aliphatic imine (C=N–C) groups is 1. The zero-order valence-electron chi connectivity index (χ0n) is 18.2. The maximum absolute atomic E-state index is 13.0. The average Bonchev–Trinajstić information content (AvgIpc) is 3.22. The smallest absolute Gasteiger partial charge is 0.257 e. The van der Waals surface area contributed by atoms with Crippen LogP contribution in [0.5, 0.6) is 0 Å². The maximum Gasteiger partial charge on any atom is 0.257 e. The van der Waals surface area contributed by atoms with Crippen molar-refractivity contribution in [1.29, 1.82) is 0 Å². The van der Waals surface area contributed by atoms with Crippen LogP contribution in [0, 0.1) is 6.92 Å². The van der Waals surface area contributed by atoms with Crippen molar-refractivity contribution in [1.82, 2.24) is 4.90 Å². The first-order valence-corrected chi connectivity index (χ1v) is 11.1. The molecule has 2 N–H and O–H groups in total. The third-order valence-corrected chi connectivity index (χ3v) is 5.82. The number of hydrogen-bond acceptors (Lipinski definition) is 4. The Balaban J connectivity index is 1.56. The quantitative estimate of drug-likeness (QED) is 0.506. The van der Waals surface area contributed by atoms with E-state index in [9.17, 15) is 9.59 Å². The van der Waals surface area contributed by atoms with Crippen molar-refractivity contribution in [3.63, 3.8) is 0 Å². The molecule has 4 rings (SSSR count). The van der Waals surface area contributed by atoms with Crippen LogP contribution in [0.1, 0.15) is 31.8 Å². The number of hydrogen-bond donors (Lipinski definition) is 2. The summed E-state index contributed by atoms with van der Waals surface area (Å²) in [6.07, 6.45) is 0. The molecular weight excluding hydrogens is 459 g/mol. The summed E-state index contributed by atoms with van der Waals surface area (Å²) < 4.78 is 0. The first kappa shape index (κ1) is 22.8. The highest BCUT2D eigenvalue weighted by Gasteiger charge is 2.19. The summed E-state index contributed by atoms with van der Waals surface area (Å²) in [6, 6.07) is 17.2. The Kier molecular flexibility index (Phi) is 6.67. The lowest BCUT2D eigenvalue weighted by Crippen LogP contribution is -2.23. The van der Waals surface area contributed by atoms with Crippen LogP contribution in [0.4, 0.5) is 11.4 Å². The van der Waals surface area contributed by atoms with E-state index in [1.165, 1.54) is 6.07 Å². The molecule has 1 aliphatic rings. The van der Waals surface area contributed by atoms with Gasteiger partial charge in [0.1, 0.15) is 5.84 Å². The van der Waals surface area contributed by atoms with Gasteiger partial charge in [0.15, 0.2) is 0 Å². The van der Waals surface area contributed by atoms with Gasteiger partial charge < -0.3 is 15.5 Å². The van der Waals surface area contributed by atoms with E-state index in [1.54, 1.807) is 49.4 Å². The number of amides is 2. The zero-order chi connectivity index (χ0) is 23.5. The molecular formula is C25H22Cl2N4O2. The van der Waals surface area contributed by atoms with Crippen LogP contribution in [-0.4, -0.2) is 42.7 Å². The van der Waals surface area contributed by atoms with Gasteiger partial charge in [-0.2, -0.15) is 0 Å². The molecule has 6 nitrogen and oxygen atoms in total. The second kappa shape index (κ2) is 9.65. The van der Waals surface area contributed by atoms with E-state index in [-0.39, 0.29) is 11.5 Å². The third-order valence-electron chi connectivity index (χ3n) is 5.35. The van der Waals surface area contributed by atoms with Crippen LogP contribution in [0.15, 0.2) is 65.7 Å². The highest BCUT2D eigenvalue weighted by Crippen LogP contribution is 2.27. The van der Waals surface area contributed by atoms with Crippen molar-refractivity contribution in [2.75, 3.05) is 30.8 Å². The van der Waals surface area contributed by atoms with E-state index in [4.69, 9.17) is 23.2 Å². The number of aryl methyl sites for hydroxylation is 1. The number of benzene rings is 3. The number of carbonyl (C=O) groups excluding carboxylic acids is 2. The Hall–Kier alpha value is -3.35. The van der Waals surface area contributed by atoms with E-state index in [0.717, 1.165) is 24.5 Å². The SMILES string of the molecule is Cc1cc(Cl)cc(C(=O)Nc2ccc(Cl)cc2)c1NC(=O)c1ccc(C2=NCCN2C)cc1. The van der Waals surface area contributed by atoms with Crippen LogP contribution >= 0.6 is 23.2 Å². The molecule has 0 atom stereocenters. The van der Waals surface area contributed by atoms with Gasteiger partial charge in [-0.25, -0.2) is 0 Å². The van der Waals surface area contributed by atoms with Crippen LogP contribution in [0.25, 0.3) is 0 Å². The number of likely N-dealkylation sites (N-methyl/N-ethyl adjacent to an activating group) is 1. The van der Waals surface area contributed by atoms with Gasteiger partial charge in [0.05, 0.1) is 17.8 Å². The van der Waals surface area contributed by atoms with E-state index in [1.807, 2.05) is 19.2 Å². The Morgan fingerprint density at radius 2 is 1.61 bits per heavy atom. The molecule has 3 aromatic carbocycles. The molecule has 168 valence electrons. The fourth-order valence-electron chi connectivity index (χ4n) is 3.62. The van der Waals surface area contributed by atoms with Crippen molar-refractivity contribution in [3.05, 3.63) is 93.0 Å². The van der Waals surface area contributed by atoms with Crippen LogP contribution in [-0.2, 0) is 0 Å². The van der Waals surface area contributed by atoms with Gasteiger partial charge in [-0.3, -0.25) is 14.6 Å². The largest absolute Gasteiger partial charge is 0.358 e. The molecule has 0 bridgehead atoms. The minimum Gasteiger partial charge on any atom is -0.358 e. The second-order valence-electron chi connectivity index (χ2n) is 7.76. The minimum absolute atomic E-state index is 0.266. The molecule has 0 fully saturated rings. The molecule has 1 aliphatic heterocycles. The molecule has 0 radical (unpaired) electrons. The first-order valence-electron chi connectivity index (χ1n) is 10.4. The molecule has 3 aromatic rings. The van der Waals surface area contributed by atoms with Crippen LogP contribution in [0.2, 0.25) is 10.0 Å². The highest BCUT2D eigenvalue weighted by molar-refractivity contribution is 6.31. The summed E-state index contributed by atoms with van der Waals surface area (Å²) in [7, 11) is 1.99. The lowest BCUT2D eigenvalue weighted by Gasteiger charge is -2.16. The predicted octanol–water partition coefficient (Wildman–Crippen LogP) is 5.50. The van der Waals surface area contributed by atoms with Crippen molar-refractivity contribution < 1.29 is 9.59 Å². The number of nitrogens with zero attached hydrogens (tertiary/aromatic N) is 2. The predicted molar refractivity (Wildman–Crippen MR) is 134 cm³/mol. The molecule has 0 saturated carbocycles. The Morgan fingerprint density at radius 1 is 0.909 bits per heavy atom. The van der Waals surface area contributed by atoms with Crippen molar-refractivity contribution >= 4 is 52.2 Å². The van der Waals surface area contributed by atoms with E-state index < -0.39 is 5.91 Å². The number of carbonyl (C=O) groups is 2. The Labute approximate surface area is 202 Å². The molecule has 8 heteroatoms. The van der Waals surface area contributed by atoms with Gasteiger partial charge in [-0.05, 0) is 61.0 Å². The monoisotopic (exact) mass is 480 g/mol. The lowest BCUT2D eigenvalue weighted by atomic mass is 10.1. The van der Waals surface area contributed by atoms with Crippen LogP contribution in [0.3, 0.4) is 0 Å². The molecule has 0 unspecified atom stereocenters. The number of anilines is 2. The van der Waals surface area contributed by atoms with Crippen molar-refractivity contribution in [3.8, 4) is 0 Å².